The SMILES string of the molecule is C=C1[C@H]2C[C@@H](C[C@H]1OO)C2(C)C. The molecular weight excluding hydrogens is 152 g/mol. The van der Waals surface area contributed by atoms with E-state index in [0.29, 0.717) is 17.3 Å². The van der Waals surface area contributed by atoms with Crippen molar-refractivity contribution in [3.05, 3.63) is 12.2 Å². The average Bonchev–Trinajstić information content (AvgIpc) is 2.03. The molecule has 0 aromatic rings. The fourth-order valence-corrected chi connectivity index (χ4v) is 2.79. The summed E-state index contributed by atoms with van der Waals surface area (Å²) in [6.07, 6.45) is 2.09. The largest absolute Gasteiger partial charge is 0.251 e. The lowest BCUT2D eigenvalue weighted by atomic mass is 9.47. The first kappa shape index (κ1) is 8.27. The molecule has 0 unspecified atom stereocenters. The molecule has 2 nitrogen and oxygen atoms in total. The maximum Gasteiger partial charge on any atom is 0.114 e. The van der Waals surface area contributed by atoms with E-state index in [9.17, 15) is 0 Å². The van der Waals surface area contributed by atoms with Crippen LogP contribution in [-0.4, -0.2) is 11.4 Å². The van der Waals surface area contributed by atoms with Crippen molar-refractivity contribution in [1.82, 2.24) is 0 Å². The molecule has 0 radical (unpaired) electrons. The summed E-state index contributed by atoms with van der Waals surface area (Å²) in [5, 5.41) is 8.61. The molecule has 0 aliphatic heterocycles. The highest BCUT2D eigenvalue weighted by Crippen LogP contribution is 2.61. The van der Waals surface area contributed by atoms with Crippen molar-refractivity contribution in [3.63, 3.8) is 0 Å². The second kappa shape index (κ2) is 2.33. The van der Waals surface area contributed by atoms with Crippen molar-refractivity contribution >= 4 is 0 Å². The fourth-order valence-electron chi connectivity index (χ4n) is 2.79. The average molecular weight is 168 g/mol. The molecule has 3 rings (SSSR count). The molecule has 2 bridgehead atoms. The second-order valence-corrected chi connectivity index (χ2v) is 4.71. The summed E-state index contributed by atoms with van der Waals surface area (Å²) in [5.41, 5.74) is 1.48. The number of fused-ring (bicyclic) bond motifs is 2. The Balaban J connectivity index is 2.17. The van der Waals surface area contributed by atoms with E-state index in [-0.39, 0.29) is 6.10 Å². The molecule has 3 aliphatic rings. The summed E-state index contributed by atoms with van der Waals surface area (Å²) < 4.78 is 0. The van der Waals surface area contributed by atoms with Gasteiger partial charge in [0.1, 0.15) is 6.10 Å². The summed E-state index contributed by atoms with van der Waals surface area (Å²) >= 11 is 0. The third kappa shape index (κ3) is 0.824. The Bertz CT molecular complexity index is 220. The van der Waals surface area contributed by atoms with Gasteiger partial charge in [0.25, 0.3) is 0 Å². The highest BCUT2D eigenvalue weighted by atomic mass is 17.1. The third-order valence-electron chi connectivity index (χ3n) is 3.96. The highest BCUT2D eigenvalue weighted by Gasteiger charge is 2.55. The standard InChI is InChI=1S/C10H16O2/c1-6-8-4-7(10(8,2)3)5-9(6)12-11/h7-9,11H,1,4-5H2,2-3H3/t7-,8+,9+/m0/s1. The summed E-state index contributed by atoms with van der Waals surface area (Å²) in [7, 11) is 0. The Kier molecular flexibility index (Phi) is 1.61. The molecule has 3 atom stereocenters. The summed E-state index contributed by atoms with van der Waals surface area (Å²) in [5.74, 6) is 1.28. The molecule has 3 saturated carbocycles. The molecular formula is C10H16O2. The minimum atomic E-state index is -0.0956. The van der Waals surface area contributed by atoms with Gasteiger partial charge >= 0.3 is 0 Å². The molecule has 0 aromatic heterocycles. The first-order valence-electron chi connectivity index (χ1n) is 4.56. The van der Waals surface area contributed by atoms with Crippen LogP contribution in [0.25, 0.3) is 0 Å². The second-order valence-electron chi connectivity index (χ2n) is 4.71. The lowest BCUT2D eigenvalue weighted by Crippen LogP contribution is -2.53. The lowest BCUT2D eigenvalue weighted by molar-refractivity contribution is -0.289. The smallest absolute Gasteiger partial charge is 0.114 e. The van der Waals surface area contributed by atoms with E-state index in [0.717, 1.165) is 12.0 Å². The van der Waals surface area contributed by atoms with Gasteiger partial charge in [-0.1, -0.05) is 20.4 Å². The molecule has 3 fully saturated rings. The van der Waals surface area contributed by atoms with E-state index in [1.54, 1.807) is 0 Å². The zero-order valence-corrected chi connectivity index (χ0v) is 7.71. The van der Waals surface area contributed by atoms with Crippen LogP contribution in [0, 0.1) is 17.3 Å². The fraction of sp³-hybridized carbons (Fsp3) is 0.800. The van der Waals surface area contributed by atoms with Gasteiger partial charge in [-0.15, -0.1) is 0 Å². The van der Waals surface area contributed by atoms with Crippen molar-refractivity contribution in [1.29, 1.82) is 0 Å². The molecule has 12 heavy (non-hydrogen) atoms. The van der Waals surface area contributed by atoms with Crippen LogP contribution in [-0.2, 0) is 4.89 Å². The van der Waals surface area contributed by atoms with E-state index in [1.807, 2.05) is 0 Å². The van der Waals surface area contributed by atoms with E-state index >= 15 is 0 Å². The number of hydrogen-bond acceptors (Lipinski definition) is 2. The zero-order chi connectivity index (χ0) is 8.93. The Morgan fingerprint density at radius 2 is 2.17 bits per heavy atom. The normalized spacial score (nSPS) is 43.9. The van der Waals surface area contributed by atoms with E-state index in [4.69, 9.17) is 5.26 Å². The Hall–Kier alpha value is -0.340. The Labute approximate surface area is 73.2 Å². The zero-order valence-electron chi connectivity index (χ0n) is 7.71. The highest BCUT2D eigenvalue weighted by molar-refractivity contribution is 5.23. The Morgan fingerprint density at radius 1 is 1.50 bits per heavy atom. The van der Waals surface area contributed by atoms with Crippen LogP contribution in [0.1, 0.15) is 26.7 Å². The van der Waals surface area contributed by atoms with Crippen molar-refractivity contribution in [2.75, 3.05) is 0 Å². The third-order valence-corrected chi connectivity index (χ3v) is 3.96. The first-order chi connectivity index (χ1) is 5.57. The van der Waals surface area contributed by atoms with Crippen LogP contribution < -0.4 is 0 Å². The van der Waals surface area contributed by atoms with Crippen LogP contribution in [0.3, 0.4) is 0 Å². The van der Waals surface area contributed by atoms with Crippen molar-refractivity contribution in [2.24, 2.45) is 17.3 Å². The van der Waals surface area contributed by atoms with E-state index in [2.05, 4.69) is 25.3 Å². The molecule has 68 valence electrons. The van der Waals surface area contributed by atoms with Gasteiger partial charge in [-0.25, -0.2) is 4.89 Å². The van der Waals surface area contributed by atoms with Crippen molar-refractivity contribution in [3.8, 4) is 0 Å². The van der Waals surface area contributed by atoms with Gasteiger partial charge in [-0.3, -0.25) is 5.26 Å². The van der Waals surface area contributed by atoms with E-state index in [1.165, 1.54) is 6.42 Å². The van der Waals surface area contributed by atoms with E-state index < -0.39 is 0 Å². The number of hydrogen-bond donors (Lipinski definition) is 1. The maximum atomic E-state index is 8.61. The van der Waals surface area contributed by atoms with Crippen molar-refractivity contribution < 1.29 is 10.1 Å². The minimum Gasteiger partial charge on any atom is -0.251 e. The van der Waals surface area contributed by atoms with Gasteiger partial charge in [0.15, 0.2) is 0 Å². The van der Waals surface area contributed by atoms with Crippen LogP contribution >= 0.6 is 0 Å². The topological polar surface area (TPSA) is 29.5 Å². The summed E-state index contributed by atoms with van der Waals surface area (Å²) in [4.78, 5) is 4.40. The lowest BCUT2D eigenvalue weighted by Gasteiger charge is -2.59. The van der Waals surface area contributed by atoms with Crippen LogP contribution in [0.2, 0.25) is 0 Å². The molecule has 1 N–H and O–H groups in total. The predicted octanol–water partition coefficient (Wildman–Crippen LogP) is 2.47. The molecule has 0 spiro atoms. The molecule has 0 amide bonds. The Morgan fingerprint density at radius 3 is 2.58 bits per heavy atom. The molecule has 0 aromatic carbocycles. The van der Waals surface area contributed by atoms with Gasteiger partial charge in [0, 0.05) is 0 Å². The summed E-state index contributed by atoms with van der Waals surface area (Å²) in [6, 6.07) is 0. The monoisotopic (exact) mass is 168 g/mol. The minimum absolute atomic E-state index is 0.0956. The molecule has 3 aliphatic carbocycles. The van der Waals surface area contributed by atoms with Gasteiger partial charge in [0.2, 0.25) is 0 Å². The predicted molar refractivity (Wildman–Crippen MR) is 46.6 cm³/mol. The van der Waals surface area contributed by atoms with Crippen LogP contribution in [0.5, 0.6) is 0 Å². The first-order valence-corrected chi connectivity index (χ1v) is 4.56. The van der Waals surface area contributed by atoms with Gasteiger partial charge in [-0.05, 0) is 35.7 Å². The van der Waals surface area contributed by atoms with Crippen LogP contribution in [0.4, 0.5) is 0 Å². The molecule has 0 heterocycles. The van der Waals surface area contributed by atoms with Gasteiger partial charge in [-0.2, -0.15) is 0 Å². The van der Waals surface area contributed by atoms with Crippen LogP contribution in [0.15, 0.2) is 12.2 Å². The maximum absolute atomic E-state index is 8.61. The number of rotatable bonds is 1. The van der Waals surface area contributed by atoms with Gasteiger partial charge in [0.05, 0.1) is 0 Å². The van der Waals surface area contributed by atoms with Gasteiger partial charge < -0.3 is 0 Å². The quantitative estimate of drug-likeness (QED) is 0.370. The summed E-state index contributed by atoms with van der Waals surface area (Å²) in [6.45, 7) is 8.56. The molecule has 0 saturated heterocycles. The van der Waals surface area contributed by atoms with Crippen molar-refractivity contribution in [2.45, 2.75) is 32.8 Å². The molecule has 2 heteroatoms.